The Bertz CT molecular complexity index is 1430. The molecule has 1 saturated heterocycles. The molecule has 0 saturated carbocycles. The molecule has 11 heteroatoms. The summed E-state index contributed by atoms with van der Waals surface area (Å²) in [6.07, 6.45) is 1.63. The number of nitrogens with one attached hydrogen (secondary N) is 2. The summed E-state index contributed by atoms with van der Waals surface area (Å²) in [7, 11) is -5.97. The molecule has 1 fully saturated rings. The Balaban J connectivity index is 1.59. The Morgan fingerprint density at radius 3 is 2.28 bits per heavy atom. The number of aromatic nitrogens is 1. The van der Waals surface area contributed by atoms with Crippen LogP contribution in [-0.4, -0.2) is 57.7 Å². The molecule has 36 heavy (non-hydrogen) atoms. The van der Waals surface area contributed by atoms with Crippen LogP contribution >= 0.6 is 10.6 Å². The molecule has 9 nitrogen and oxygen atoms in total. The molecule has 4 rings (SSSR count). The topological polar surface area (TPSA) is 138 Å². The second-order valence-electron chi connectivity index (χ2n) is 9.02. The number of carbonyl (C=O) groups is 2. The number of sulfone groups is 1. The smallest absolute Gasteiger partial charge is 0.257 e. The zero-order valence-electron chi connectivity index (χ0n) is 20.2. The molecular formula is C25H29N3O6S2. The minimum absolute atomic E-state index is 0.151. The number of benzene rings is 2. The molecule has 1 unspecified atom stereocenters. The van der Waals surface area contributed by atoms with Crippen LogP contribution < -0.4 is 10.6 Å². The maximum Gasteiger partial charge on any atom is 0.257 e. The van der Waals surface area contributed by atoms with Crippen molar-refractivity contribution in [1.29, 1.82) is 0 Å². The molecule has 3 aromatic rings. The summed E-state index contributed by atoms with van der Waals surface area (Å²) in [5.74, 6) is -0.250. The zero-order chi connectivity index (χ0) is 26.3. The number of hydrogen-bond acceptors (Lipinski definition) is 6. The van der Waals surface area contributed by atoms with Crippen molar-refractivity contribution in [3.8, 4) is 5.69 Å². The highest BCUT2D eigenvalue weighted by Crippen LogP contribution is 2.45. The molecule has 2 aromatic carbocycles. The molecule has 1 atom stereocenters. The molecule has 0 aliphatic carbocycles. The van der Waals surface area contributed by atoms with Crippen LogP contribution in [0.2, 0.25) is 0 Å². The Labute approximate surface area is 211 Å². The lowest BCUT2D eigenvalue weighted by atomic mass is 10.1. The van der Waals surface area contributed by atoms with Gasteiger partial charge in [-0.15, -0.1) is 0 Å². The fourth-order valence-corrected chi connectivity index (χ4v) is 6.76. The van der Waals surface area contributed by atoms with Crippen molar-refractivity contribution in [1.82, 2.24) is 9.88 Å². The van der Waals surface area contributed by atoms with Gasteiger partial charge in [0.05, 0.1) is 27.5 Å². The van der Waals surface area contributed by atoms with Gasteiger partial charge in [0.2, 0.25) is 0 Å². The molecular weight excluding hydrogens is 502 g/mol. The number of aryl methyl sites for hydroxylation is 1. The van der Waals surface area contributed by atoms with Crippen LogP contribution in [0.3, 0.4) is 0 Å². The van der Waals surface area contributed by atoms with Gasteiger partial charge in [-0.3, -0.25) is 18.7 Å². The van der Waals surface area contributed by atoms with Crippen molar-refractivity contribution in [3.63, 3.8) is 0 Å². The highest BCUT2D eigenvalue weighted by atomic mass is 32.3. The van der Waals surface area contributed by atoms with Crippen LogP contribution in [0.25, 0.3) is 5.69 Å². The summed E-state index contributed by atoms with van der Waals surface area (Å²) in [5, 5.41) is 5.70. The Hall–Kier alpha value is -3.12. The average Bonchev–Trinajstić information content (AvgIpc) is 3.30. The van der Waals surface area contributed by atoms with Crippen molar-refractivity contribution < 1.29 is 27.1 Å². The third-order valence-corrected chi connectivity index (χ3v) is 9.16. The van der Waals surface area contributed by atoms with E-state index in [0.717, 1.165) is 11.9 Å². The van der Waals surface area contributed by atoms with Crippen LogP contribution in [0.1, 0.15) is 38.5 Å². The van der Waals surface area contributed by atoms with Gasteiger partial charge in [0.25, 0.3) is 11.8 Å². The number of hydrogen-bond donors (Lipinski definition) is 4. The molecule has 1 aliphatic rings. The van der Waals surface area contributed by atoms with E-state index >= 15 is 0 Å². The standard InChI is InChI=1S/C25H29N3O6S2/c1-16-14-22(25(30)26-18-8-10-20(11-9-18)35(3,31)32)17(2)28(16)23-7-5-4-6-21(23)24(29)27-19-12-13-36(33,34)15-19/h4-11,14,19,33-34H,12-13,15H2,1-3H3,(H,26,30)(H,27,29). The Morgan fingerprint density at radius 1 is 1.00 bits per heavy atom. The van der Waals surface area contributed by atoms with Crippen LogP contribution in [0.5, 0.6) is 0 Å². The van der Waals surface area contributed by atoms with Crippen LogP contribution in [0.4, 0.5) is 5.69 Å². The fraction of sp³-hybridized carbons (Fsp3) is 0.280. The van der Waals surface area contributed by atoms with Gasteiger partial charge in [-0.2, -0.15) is 10.6 Å². The van der Waals surface area contributed by atoms with Gasteiger partial charge < -0.3 is 15.2 Å². The minimum atomic E-state index is -3.34. The lowest BCUT2D eigenvalue weighted by Crippen LogP contribution is -2.35. The van der Waals surface area contributed by atoms with E-state index in [-0.39, 0.29) is 34.3 Å². The SMILES string of the molecule is Cc1cc(C(=O)Nc2ccc(S(C)(=O)=O)cc2)c(C)n1-c1ccccc1C(=O)NC1CCS(O)(O)C1. The van der Waals surface area contributed by atoms with Crippen LogP contribution in [0, 0.1) is 13.8 Å². The van der Waals surface area contributed by atoms with Gasteiger partial charge in [-0.25, -0.2) is 8.42 Å². The quantitative estimate of drug-likeness (QED) is 0.379. The first-order valence-electron chi connectivity index (χ1n) is 11.3. The van der Waals surface area contributed by atoms with Crippen molar-refractivity contribution in [2.24, 2.45) is 0 Å². The maximum absolute atomic E-state index is 13.1. The van der Waals surface area contributed by atoms with Gasteiger partial charge >= 0.3 is 0 Å². The summed E-state index contributed by atoms with van der Waals surface area (Å²) in [4.78, 5) is 26.3. The summed E-state index contributed by atoms with van der Waals surface area (Å²) in [6, 6.07) is 14.4. The monoisotopic (exact) mass is 531 g/mol. The Morgan fingerprint density at radius 2 is 1.67 bits per heavy atom. The number of carbonyl (C=O) groups excluding carboxylic acids is 2. The lowest BCUT2D eigenvalue weighted by Gasteiger charge is -2.26. The summed E-state index contributed by atoms with van der Waals surface area (Å²) >= 11 is 0. The molecule has 2 heterocycles. The zero-order valence-corrected chi connectivity index (χ0v) is 21.8. The fourth-order valence-electron chi connectivity index (χ4n) is 4.40. The van der Waals surface area contributed by atoms with Crippen molar-refractivity contribution in [3.05, 3.63) is 77.1 Å². The van der Waals surface area contributed by atoms with E-state index in [1.165, 1.54) is 24.3 Å². The van der Waals surface area contributed by atoms with Gasteiger partial charge in [-0.05, 0) is 62.7 Å². The Kier molecular flexibility index (Phi) is 7.02. The maximum atomic E-state index is 13.1. The van der Waals surface area contributed by atoms with E-state index in [1.807, 2.05) is 11.5 Å². The number of rotatable bonds is 6. The highest BCUT2D eigenvalue weighted by molar-refractivity contribution is 8.24. The summed E-state index contributed by atoms with van der Waals surface area (Å²) in [5.41, 5.74) is 3.27. The number of anilines is 1. The molecule has 192 valence electrons. The first-order chi connectivity index (χ1) is 16.9. The predicted molar refractivity (Wildman–Crippen MR) is 141 cm³/mol. The molecule has 2 amide bonds. The van der Waals surface area contributed by atoms with E-state index in [0.29, 0.717) is 34.6 Å². The molecule has 0 spiro atoms. The van der Waals surface area contributed by atoms with E-state index in [2.05, 4.69) is 10.6 Å². The van der Waals surface area contributed by atoms with Gasteiger partial charge in [0.1, 0.15) is 0 Å². The summed E-state index contributed by atoms with van der Waals surface area (Å²) in [6.45, 7) is 3.63. The lowest BCUT2D eigenvalue weighted by molar-refractivity contribution is 0.0940. The van der Waals surface area contributed by atoms with Crippen molar-refractivity contribution in [2.75, 3.05) is 23.1 Å². The first-order valence-corrected chi connectivity index (χ1v) is 15.1. The van der Waals surface area contributed by atoms with Gasteiger partial charge in [0, 0.05) is 35.1 Å². The summed E-state index contributed by atoms with van der Waals surface area (Å²) < 4.78 is 44.9. The van der Waals surface area contributed by atoms with Crippen LogP contribution in [0.15, 0.2) is 59.5 Å². The number of para-hydroxylation sites is 1. The van der Waals surface area contributed by atoms with E-state index in [9.17, 15) is 27.1 Å². The molecule has 0 bridgehead atoms. The molecule has 1 aromatic heterocycles. The second kappa shape index (κ2) is 9.74. The third-order valence-electron chi connectivity index (χ3n) is 6.20. The molecule has 4 N–H and O–H groups in total. The molecule has 1 aliphatic heterocycles. The average molecular weight is 532 g/mol. The minimum Gasteiger partial charge on any atom is -0.348 e. The predicted octanol–water partition coefficient (Wildman–Crippen LogP) is 4.00. The normalized spacial score (nSPS) is 18.0. The van der Waals surface area contributed by atoms with Gasteiger partial charge in [0.15, 0.2) is 9.84 Å². The van der Waals surface area contributed by atoms with Crippen molar-refractivity contribution >= 4 is 37.9 Å². The van der Waals surface area contributed by atoms with E-state index in [1.54, 1.807) is 37.3 Å². The first kappa shape index (κ1) is 26.0. The number of amides is 2. The van der Waals surface area contributed by atoms with E-state index < -0.39 is 20.4 Å². The molecule has 0 radical (unpaired) electrons. The second-order valence-corrected chi connectivity index (χ2v) is 13.4. The largest absolute Gasteiger partial charge is 0.348 e. The van der Waals surface area contributed by atoms with Crippen molar-refractivity contribution in [2.45, 2.75) is 31.2 Å². The third kappa shape index (κ3) is 5.49. The van der Waals surface area contributed by atoms with Gasteiger partial charge in [-0.1, -0.05) is 12.1 Å². The van der Waals surface area contributed by atoms with Crippen LogP contribution in [-0.2, 0) is 9.84 Å². The van der Waals surface area contributed by atoms with E-state index in [4.69, 9.17) is 0 Å². The number of nitrogens with zero attached hydrogens (tertiary/aromatic N) is 1. The highest BCUT2D eigenvalue weighted by Gasteiger charge is 2.30.